The Kier molecular flexibility index (Phi) is 13.8. The molecule has 6 N–H and O–H groups in total. The minimum absolute atomic E-state index is 0.348. The number of hydrogen-bond acceptors (Lipinski definition) is 6. The lowest BCUT2D eigenvalue weighted by Gasteiger charge is -2.36. The molecule has 0 aromatic rings. The van der Waals surface area contributed by atoms with E-state index in [-0.39, 0.29) is 0 Å². The van der Waals surface area contributed by atoms with Crippen molar-refractivity contribution in [3.63, 3.8) is 0 Å². The van der Waals surface area contributed by atoms with E-state index in [0.29, 0.717) is 38.6 Å². The van der Waals surface area contributed by atoms with E-state index in [4.69, 9.17) is 31.4 Å². The Morgan fingerprint density at radius 2 is 1.24 bits per heavy atom. The minimum atomic E-state index is -1.13. The summed E-state index contributed by atoms with van der Waals surface area (Å²) in [6, 6.07) is 0. The van der Waals surface area contributed by atoms with Crippen molar-refractivity contribution >= 4 is 0 Å². The molecule has 0 heterocycles. The van der Waals surface area contributed by atoms with Crippen molar-refractivity contribution in [3.05, 3.63) is 0 Å². The van der Waals surface area contributed by atoms with Gasteiger partial charge in [0.05, 0.1) is 0 Å². The van der Waals surface area contributed by atoms with Crippen LogP contribution < -0.4 is 17.2 Å². The topological polar surface area (TPSA) is 106 Å². The van der Waals surface area contributed by atoms with Gasteiger partial charge in [0, 0.05) is 26.2 Å². The molecule has 6 heteroatoms. The third-order valence-electron chi connectivity index (χ3n) is 4.33. The number of nitrogens with two attached hydrogens (primary N) is 3. The lowest BCUT2D eigenvalue weighted by molar-refractivity contribution is -0.384. The molecule has 0 saturated carbocycles. The molecular weight excluding hydrogens is 318 g/mol. The summed E-state index contributed by atoms with van der Waals surface area (Å²) in [5, 5.41) is 0. The van der Waals surface area contributed by atoms with Crippen LogP contribution in [0.1, 0.15) is 85.5 Å². The van der Waals surface area contributed by atoms with Gasteiger partial charge in [-0.3, -0.25) is 0 Å². The van der Waals surface area contributed by atoms with Crippen LogP contribution in [0, 0.1) is 5.92 Å². The van der Waals surface area contributed by atoms with Gasteiger partial charge in [-0.25, -0.2) is 0 Å². The van der Waals surface area contributed by atoms with Crippen LogP contribution in [0.3, 0.4) is 0 Å². The molecule has 0 radical (unpaired) electrons. The van der Waals surface area contributed by atoms with Gasteiger partial charge in [0.1, 0.15) is 5.79 Å². The number of hydrogen-bond donors (Lipinski definition) is 3. The molecule has 1 unspecified atom stereocenters. The van der Waals surface area contributed by atoms with Crippen LogP contribution in [0.4, 0.5) is 0 Å². The fraction of sp³-hybridized carbons (Fsp3) is 1.00. The second-order valence-corrected chi connectivity index (χ2v) is 6.91. The smallest absolute Gasteiger partial charge is 0.283 e. The molecule has 0 aliphatic heterocycles. The standard InChI is InChI=1S/C19H43N3O3/c1-5-9-10-11-12-13-17(14-15-18(20,21)22)16-19(23-6-2,24-7-3)25-8-4/h17H,5-16,20-22H2,1-4H3. The van der Waals surface area contributed by atoms with E-state index in [1.807, 2.05) is 20.8 Å². The van der Waals surface area contributed by atoms with Crippen LogP contribution in [-0.4, -0.2) is 31.6 Å². The molecule has 0 bridgehead atoms. The second-order valence-electron chi connectivity index (χ2n) is 6.91. The van der Waals surface area contributed by atoms with E-state index in [2.05, 4.69) is 6.92 Å². The van der Waals surface area contributed by atoms with Crippen molar-refractivity contribution in [2.24, 2.45) is 23.1 Å². The van der Waals surface area contributed by atoms with E-state index in [9.17, 15) is 0 Å². The predicted octanol–water partition coefficient (Wildman–Crippen LogP) is 3.43. The maximum Gasteiger partial charge on any atom is 0.283 e. The van der Waals surface area contributed by atoms with E-state index >= 15 is 0 Å². The van der Waals surface area contributed by atoms with Crippen molar-refractivity contribution in [3.8, 4) is 0 Å². The second kappa shape index (κ2) is 13.9. The maximum atomic E-state index is 5.88. The van der Waals surface area contributed by atoms with Crippen LogP contribution in [0.25, 0.3) is 0 Å². The highest BCUT2D eigenvalue weighted by molar-refractivity contribution is 4.74. The molecule has 1 atom stereocenters. The van der Waals surface area contributed by atoms with Gasteiger partial charge >= 0.3 is 0 Å². The summed E-state index contributed by atoms with van der Waals surface area (Å²) >= 11 is 0. The normalized spacial score (nSPS) is 14.0. The summed E-state index contributed by atoms with van der Waals surface area (Å²) < 4.78 is 17.6. The zero-order valence-electron chi connectivity index (χ0n) is 17.0. The SMILES string of the molecule is CCCCCCCC(CCC(N)(N)N)CC(OCC)(OCC)OCC. The summed E-state index contributed by atoms with van der Waals surface area (Å²) in [5.41, 5.74) is 17.3. The molecule has 0 amide bonds. The van der Waals surface area contributed by atoms with Crippen LogP contribution in [0.2, 0.25) is 0 Å². The highest BCUT2D eigenvalue weighted by Gasteiger charge is 2.36. The Labute approximate surface area is 155 Å². The van der Waals surface area contributed by atoms with E-state index in [0.717, 1.165) is 12.8 Å². The average Bonchev–Trinajstić information content (AvgIpc) is 2.52. The van der Waals surface area contributed by atoms with Crippen molar-refractivity contribution in [2.45, 2.75) is 97.2 Å². The fourth-order valence-corrected chi connectivity index (χ4v) is 3.15. The lowest BCUT2D eigenvalue weighted by atomic mass is 9.90. The third kappa shape index (κ3) is 12.7. The minimum Gasteiger partial charge on any atom is -0.328 e. The molecule has 0 rings (SSSR count). The Morgan fingerprint density at radius 1 is 0.720 bits per heavy atom. The largest absolute Gasteiger partial charge is 0.328 e. The molecule has 0 aromatic heterocycles. The van der Waals surface area contributed by atoms with Crippen molar-refractivity contribution in [2.75, 3.05) is 19.8 Å². The first-order valence-electron chi connectivity index (χ1n) is 10.1. The molecule has 152 valence electrons. The Balaban J connectivity index is 4.85. The molecule has 0 aliphatic carbocycles. The van der Waals surface area contributed by atoms with Gasteiger partial charge in [-0.15, -0.1) is 0 Å². The van der Waals surface area contributed by atoms with Gasteiger partial charge < -0.3 is 31.4 Å². The van der Waals surface area contributed by atoms with Crippen molar-refractivity contribution in [1.82, 2.24) is 0 Å². The molecular formula is C19H43N3O3. The lowest BCUT2D eigenvalue weighted by Crippen LogP contribution is -2.58. The monoisotopic (exact) mass is 361 g/mol. The first-order valence-corrected chi connectivity index (χ1v) is 10.1. The number of unbranched alkanes of at least 4 members (excludes halogenated alkanes) is 4. The zero-order chi connectivity index (χ0) is 19.2. The van der Waals surface area contributed by atoms with Gasteiger partial charge in [-0.05, 0) is 39.5 Å². The van der Waals surface area contributed by atoms with Gasteiger partial charge in [0.15, 0.2) is 0 Å². The first kappa shape index (κ1) is 24.8. The third-order valence-corrected chi connectivity index (χ3v) is 4.33. The van der Waals surface area contributed by atoms with Crippen LogP contribution in [-0.2, 0) is 14.2 Å². The first-order chi connectivity index (χ1) is 11.8. The van der Waals surface area contributed by atoms with Crippen LogP contribution in [0.5, 0.6) is 0 Å². The van der Waals surface area contributed by atoms with Gasteiger partial charge in [-0.2, -0.15) is 0 Å². The summed E-state index contributed by atoms with van der Waals surface area (Å²) in [5.74, 6) is -1.76. The maximum absolute atomic E-state index is 5.88. The molecule has 0 aliphatic rings. The highest BCUT2D eigenvalue weighted by atomic mass is 16.9. The molecule has 0 saturated heterocycles. The molecule has 0 spiro atoms. The summed E-state index contributed by atoms with van der Waals surface area (Å²) in [4.78, 5) is 0. The quantitative estimate of drug-likeness (QED) is 0.271. The van der Waals surface area contributed by atoms with E-state index < -0.39 is 11.8 Å². The number of ether oxygens (including phenoxy) is 3. The van der Waals surface area contributed by atoms with Crippen LogP contribution in [0.15, 0.2) is 0 Å². The van der Waals surface area contributed by atoms with E-state index in [1.165, 1.54) is 32.1 Å². The molecule has 0 fully saturated rings. The van der Waals surface area contributed by atoms with Gasteiger partial charge in [0.25, 0.3) is 5.97 Å². The molecule has 25 heavy (non-hydrogen) atoms. The number of rotatable bonds is 17. The zero-order valence-corrected chi connectivity index (χ0v) is 17.0. The Bertz CT molecular complexity index is 292. The summed E-state index contributed by atoms with van der Waals surface area (Å²) in [7, 11) is 0. The molecule has 0 aromatic carbocycles. The van der Waals surface area contributed by atoms with Gasteiger partial charge in [-0.1, -0.05) is 45.4 Å². The van der Waals surface area contributed by atoms with Crippen molar-refractivity contribution < 1.29 is 14.2 Å². The Hall–Kier alpha value is -0.240. The van der Waals surface area contributed by atoms with Crippen molar-refractivity contribution in [1.29, 1.82) is 0 Å². The Morgan fingerprint density at radius 3 is 1.68 bits per heavy atom. The van der Waals surface area contributed by atoms with E-state index in [1.54, 1.807) is 0 Å². The average molecular weight is 362 g/mol. The predicted molar refractivity (Wildman–Crippen MR) is 104 cm³/mol. The van der Waals surface area contributed by atoms with Gasteiger partial charge in [0.2, 0.25) is 0 Å². The summed E-state index contributed by atoms with van der Waals surface area (Å²) in [6.07, 6.45) is 9.41. The van der Waals surface area contributed by atoms with Crippen LogP contribution >= 0.6 is 0 Å². The summed E-state index contributed by atoms with van der Waals surface area (Å²) in [6.45, 7) is 9.71. The molecule has 6 nitrogen and oxygen atoms in total. The highest BCUT2D eigenvalue weighted by Crippen LogP contribution is 2.31. The fourth-order valence-electron chi connectivity index (χ4n) is 3.15.